The van der Waals surface area contributed by atoms with Crippen LogP contribution in [0.1, 0.15) is 26.7 Å². The number of amides is 1. The normalized spacial score (nSPS) is 10.8. The average molecular weight is 248 g/mol. The average Bonchev–Trinajstić information content (AvgIpc) is 2.40. The van der Waals surface area contributed by atoms with E-state index in [2.05, 4.69) is 6.07 Å². The van der Waals surface area contributed by atoms with Crippen LogP contribution in [0.25, 0.3) is 0 Å². The molecular weight excluding hydrogens is 231 g/mol. The van der Waals surface area contributed by atoms with Crippen molar-refractivity contribution in [2.24, 2.45) is 5.41 Å². The first-order chi connectivity index (χ1) is 8.50. The summed E-state index contributed by atoms with van der Waals surface area (Å²) < 4.78 is 13.1. The van der Waals surface area contributed by atoms with Crippen molar-refractivity contribution in [3.63, 3.8) is 0 Å². The quantitative estimate of drug-likeness (QED) is 0.821. The molecule has 0 fully saturated rings. The Hall–Kier alpha value is -1.89. The molecule has 0 aliphatic carbocycles. The van der Waals surface area contributed by atoms with Gasteiger partial charge in [-0.15, -0.1) is 0 Å². The number of rotatable bonds is 4. The molecule has 0 heterocycles. The molecule has 3 nitrogen and oxygen atoms in total. The van der Waals surface area contributed by atoms with E-state index in [0.29, 0.717) is 18.5 Å². The van der Waals surface area contributed by atoms with E-state index in [4.69, 9.17) is 0 Å². The third kappa shape index (κ3) is 2.51. The molecule has 1 rings (SSSR count). The van der Waals surface area contributed by atoms with E-state index in [0.717, 1.165) is 0 Å². The number of benzene rings is 1. The van der Waals surface area contributed by atoms with Gasteiger partial charge in [-0.25, -0.2) is 4.39 Å². The van der Waals surface area contributed by atoms with Crippen LogP contribution in [0.15, 0.2) is 24.3 Å². The number of hydrogen-bond donors (Lipinski definition) is 0. The predicted molar refractivity (Wildman–Crippen MR) is 68.4 cm³/mol. The number of nitrogens with zero attached hydrogens (tertiary/aromatic N) is 2. The summed E-state index contributed by atoms with van der Waals surface area (Å²) in [5, 5.41) is 9.23. The lowest BCUT2D eigenvalue weighted by Crippen LogP contribution is -2.40. The van der Waals surface area contributed by atoms with Gasteiger partial charge in [0.05, 0.1) is 6.07 Å². The third-order valence-electron chi connectivity index (χ3n) is 3.33. The molecule has 0 radical (unpaired) electrons. The highest BCUT2D eigenvalue weighted by molar-refractivity contribution is 5.98. The van der Waals surface area contributed by atoms with Gasteiger partial charge < -0.3 is 4.90 Å². The second-order valence-corrected chi connectivity index (χ2v) is 4.25. The van der Waals surface area contributed by atoms with Crippen molar-refractivity contribution in [1.29, 1.82) is 5.26 Å². The molecule has 0 unspecified atom stereocenters. The molecule has 1 aromatic rings. The van der Waals surface area contributed by atoms with E-state index in [1.165, 1.54) is 17.0 Å². The van der Waals surface area contributed by atoms with Crippen molar-refractivity contribution < 1.29 is 9.18 Å². The summed E-state index contributed by atoms with van der Waals surface area (Å²) >= 11 is 0. The molecule has 0 aromatic heterocycles. The van der Waals surface area contributed by atoms with Crippen molar-refractivity contribution >= 4 is 11.6 Å². The number of hydrogen-bond acceptors (Lipinski definition) is 2. The van der Waals surface area contributed by atoms with Crippen LogP contribution in [0.2, 0.25) is 0 Å². The Balaban J connectivity index is 3.08. The topological polar surface area (TPSA) is 44.1 Å². The maximum Gasteiger partial charge on any atom is 0.247 e. The van der Waals surface area contributed by atoms with E-state index >= 15 is 0 Å². The van der Waals surface area contributed by atoms with Crippen LogP contribution in [0.3, 0.4) is 0 Å². The highest BCUT2D eigenvalue weighted by Crippen LogP contribution is 2.29. The Bertz CT molecular complexity index is 475. The maximum absolute atomic E-state index is 13.1. The van der Waals surface area contributed by atoms with Gasteiger partial charge in [-0.1, -0.05) is 19.9 Å². The van der Waals surface area contributed by atoms with Crippen LogP contribution >= 0.6 is 0 Å². The molecule has 0 saturated carbocycles. The Morgan fingerprint density at radius 3 is 2.50 bits per heavy atom. The Morgan fingerprint density at radius 2 is 2.06 bits per heavy atom. The minimum atomic E-state index is -1.03. The zero-order valence-electron chi connectivity index (χ0n) is 10.9. The zero-order valence-corrected chi connectivity index (χ0v) is 10.9. The summed E-state index contributed by atoms with van der Waals surface area (Å²) in [4.78, 5) is 13.7. The molecule has 4 heteroatoms. The number of anilines is 1. The largest absolute Gasteiger partial charge is 0.314 e. The summed E-state index contributed by atoms with van der Waals surface area (Å²) in [5.41, 5.74) is -0.567. The van der Waals surface area contributed by atoms with Crippen molar-refractivity contribution in [3.05, 3.63) is 30.1 Å². The monoisotopic (exact) mass is 248 g/mol. The van der Waals surface area contributed by atoms with Crippen LogP contribution in [-0.4, -0.2) is 13.0 Å². The van der Waals surface area contributed by atoms with Crippen LogP contribution < -0.4 is 4.90 Å². The Labute approximate surface area is 107 Å². The van der Waals surface area contributed by atoms with E-state index in [9.17, 15) is 14.4 Å². The number of halogens is 1. The van der Waals surface area contributed by atoms with E-state index in [1.54, 1.807) is 19.2 Å². The van der Waals surface area contributed by atoms with E-state index < -0.39 is 11.2 Å². The SMILES string of the molecule is CCC(C#N)(CC)C(=O)N(C)c1cccc(F)c1. The van der Waals surface area contributed by atoms with Gasteiger partial charge in [-0.2, -0.15) is 5.26 Å². The molecule has 0 N–H and O–H groups in total. The van der Waals surface area contributed by atoms with Crippen LogP contribution in [0, 0.1) is 22.6 Å². The van der Waals surface area contributed by atoms with Gasteiger partial charge in [0.25, 0.3) is 0 Å². The first-order valence-electron chi connectivity index (χ1n) is 5.95. The standard InChI is InChI=1S/C14H17FN2O/c1-4-14(5-2,10-16)13(18)17(3)12-8-6-7-11(15)9-12/h6-9H,4-5H2,1-3H3. The van der Waals surface area contributed by atoms with Gasteiger partial charge in [-0.05, 0) is 31.0 Å². The molecule has 0 atom stereocenters. The molecule has 1 amide bonds. The second kappa shape index (κ2) is 5.63. The summed E-state index contributed by atoms with van der Waals surface area (Å²) in [6, 6.07) is 7.89. The Morgan fingerprint density at radius 1 is 1.44 bits per heavy atom. The minimum Gasteiger partial charge on any atom is -0.314 e. The van der Waals surface area contributed by atoms with Gasteiger partial charge in [0.15, 0.2) is 0 Å². The summed E-state index contributed by atoms with van der Waals surface area (Å²) in [6.45, 7) is 3.62. The summed E-state index contributed by atoms with van der Waals surface area (Å²) in [6.07, 6.45) is 0.886. The van der Waals surface area contributed by atoms with Gasteiger partial charge in [-0.3, -0.25) is 4.79 Å². The predicted octanol–water partition coefficient (Wildman–Crippen LogP) is 3.12. The van der Waals surface area contributed by atoms with E-state index in [-0.39, 0.29) is 5.91 Å². The van der Waals surface area contributed by atoms with Crippen LogP contribution in [0.4, 0.5) is 10.1 Å². The fraction of sp³-hybridized carbons (Fsp3) is 0.429. The van der Waals surface area contributed by atoms with E-state index in [1.807, 2.05) is 13.8 Å². The van der Waals surface area contributed by atoms with Crippen molar-refractivity contribution in [3.8, 4) is 6.07 Å². The molecule has 18 heavy (non-hydrogen) atoms. The summed E-state index contributed by atoms with van der Waals surface area (Å²) in [5.74, 6) is -0.691. The lowest BCUT2D eigenvalue weighted by molar-refractivity contribution is -0.125. The van der Waals surface area contributed by atoms with Gasteiger partial charge in [0.2, 0.25) is 5.91 Å². The molecule has 0 spiro atoms. The molecule has 0 aliphatic heterocycles. The third-order valence-corrected chi connectivity index (χ3v) is 3.33. The van der Waals surface area contributed by atoms with Crippen LogP contribution in [0.5, 0.6) is 0 Å². The van der Waals surface area contributed by atoms with Crippen molar-refractivity contribution in [1.82, 2.24) is 0 Å². The number of carbonyl (C=O) groups excluding carboxylic acids is 1. The second-order valence-electron chi connectivity index (χ2n) is 4.25. The lowest BCUT2D eigenvalue weighted by atomic mass is 9.82. The van der Waals surface area contributed by atoms with Gasteiger partial charge >= 0.3 is 0 Å². The fourth-order valence-corrected chi connectivity index (χ4v) is 1.88. The van der Waals surface area contributed by atoms with Crippen molar-refractivity contribution in [2.45, 2.75) is 26.7 Å². The fourth-order valence-electron chi connectivity index (χ4n) is 1.88. The molecule has 1 aromatic carbocycles. The summed E-state index contributed by atoms with van der Waals surface area (Å²) in [7, 11) is 1.56. The van der Waals surface area contributed by atoms with Crippen LogP contribution in [-0.2, 0) is 4.79 Å². The first kappa shape index (κ1) is 14.2. The maximum atomic E-state index is 13.1. The lowest BCUT2D eigenvalue weighted by Gasteiger charge is -2.28. The molecule has 0 bridgehead atoms. The smallest absolute Gasteiger partial charge is 0.247 e. The molecule has 96 valence electrons. The molecule has 0 saturated heterocycles. The molecular formula is C14H17FN2O. The van der Waals surface area contributed by atoms with Gasteiger partial charge in [0, 0.05) is 12.7 Å². The number of carbonyl (C=O) groups is 1. The highest BCUT2D eigenvalue weighted by Gasteiger charge is 2.37. The zero-order chi connectivity index (χ0) is 13.8. The van der Waals surface area contributed by atoms with Crippen molar-refractivity contribution in [2.75, 3.05) is 11.9 Å². The molecule has 0 aliphatic rings. The minimum absolute atomic E-state index is 0.291. The Kier molecular flexibility index (Phi) is 4.43. The highest BCUT2D eigenvalue weighted by atomic mass is 19.1. The van der Waals surface area contributed by atoms with Gasteiger partial charge in [0.1, 0.15) is 11.2 Å². The number of nitriles is 1. The first-order valence-corrected chi connectivity index (χ1v) is 5.95.